The molecule has 0 aliphatic heterocycles. The molecule has 0 N–H and O–H groups in total. The summed E-state index contributed by atoms with van der Waals surface area (Å²) in [7, 11) is 0. The molecule has 100 valence electrons. The number of hydrogen-bond donors (Lipinski definition) is 0. The van der Waals surface area contributed by atoms with Gasteiger partial charge in [0.25, 0.3) is 0 Å². The smallest absolute Gasteiger partial charge is 0.219 e. The van der Waals surface area contributed by atoms with Crippen molar-refractivity contribution in [3.05, 3.63) is 57.8 Å². The Bertz CT molecular complexity index is 792. The second kappa shape index (κ2) is 5.38. The predicted octanol–water partition coefficient (Wildman–Crippen LogP) is 5.15. The second-order valence-electron chi connectivity index (χ2n) is 4.32. The van der Waals surface area contributed by atoms with Crippen molar-refractivity contribution >= 4 is 38.4 Å². The van der Waals surface area contributed by atoms with E-state index in [0.717, 1.165) is 20.9 Å². The topological polar surface area (TPSA) is 35.0 Å². The number of halogens is 2. The molecule has 3 aromatic rings. The summed E-state index contributed by atoms with van der Waals surface area (Å²) in [5.41, 5.74) is 1.78. The fraction of sp³-hybridized carbons (Fsp3) is 0.0667. The van der Waals surface area contributed by atoms with Crippen LogP contribution in [0.2, 0.25) is 5.02 Å². The van der Waals surface area contributed by atoms with E-state index in [0.29, 0.717) is 16.7 Å². The predicted molar refractivity (Wildman–Crippen MR) is 83.5 cm³/mol. The SMILES string of the molecule is Cc1cc(Oc2ccc(Cl)c3cccnc23)ncc1Br. The molecule has 20 heavy (non-hydrogen) atoms. The molecule has 0 saturated heterocycles. The highest BCUT2D eigenvalue weighted by Crippen LogP contribution is 2.32. The van der Waals surface area contributed by atoms with Crippen LogP contribution >= 0.6 is 27.5 Å². The lowest BCUT2D eigenvalue weighted by molar-refractivity contribution is 0.466. The van der Waals surface area contributed by atoms with E-state index in [9.17, 15) is 0 Å². The first-order valence-electron chi connectivity index (χ1n) is 5.98. The average Bonchev–Trinajstić information content (AvgIpc) is 2.46. The molecule has 0 radical (unpaired) electrons. The molecule has 3 nitrogen and oxygen atoms in total. The maximum Gasteiger partial charge on any atom is 0.219 e. The van der Waals surface area contributed by atoms with Gasteiger partial charge >= 0.3 is 0 Å². The van der Waals surface area contributed by atoms with Crippen LogP contribution in [-0.4, -0.2) is 9.97 Å². The molecule has 0 saturated carbocycles. The second-order valence-corrected chi connectivity index (χ2v) is 5.58. The Morgan fingerprint density at radius 3 is 2.85 bits per heavy atom. The molecule has 0 unspecified atom stereocenters. The molecule has 2 aromatic heterocycles. The molecule has 0 aliphatic carbocycles. The van der Waals surface area contributed by atoms with Gasteiger partial charge in [-0.2, -0.15) is 0 Å². The van der Waals surface area contributed by atoms with Gasteiger partial charge in [-0.25, -0.2) is 4.98 Å². The van der Waals surface area contributed by atoms with Crippen molar-refractivity contribution in [2.45, 2.75) is 6.92 Å². The Kier molecular flexibility index (Phi) is 3.59. The molecule has 0 atom stereocenters. The first kappa shape index (κ1) is 13.3. The first-order chi connectivity index (χ1) is 9.65. The number of rotatable bonds is 2. The summed E-state index contributed by atoms with van der Waals surface area (Å²) < 4.78 is 6.78. The summed E-state index contributed by atoms with van der Waals surface area (Å²) in [6.07, 6.45) is 3.43. The van der Waals surface area contributed by atoms with Crippen LogP contribution < -0.4 is 4.74 Å². The quantitative estimate of drug-likeness (QED) is 0.642. The van der Waals surface area contributed by atoms with E-state index in [4.69, 9.17) is 16.3 Å². The van der Waals surface area contributed by atoms with Crippen LogP contribution in [0.4, 0.5) is 0 Å². The molecule has 0 bridgehead atoms. The highest BCUT2D eigenvalue weighted by molar-refractivity contribution is 9.10. The summed E-state index contributed by atoms with van der Waals surface area (Å²) in [5.74, 6) is 1.17. The average molecular weight is 350 g/mol. The van der Waals surface area contributed by atoms with Gasteiger partial charge in [-0.3, -0.25) is 4.98 Å². The van der Waals surface area contributed by atoms with Crippen LogP contribution in [0.15, 0.2) is 47.2 Å². The lowest BCUT2D eigenvalue weighted by atomic mass is 10.2. The molecule has 0 aliphatic rings. The standard InChI is InChI=1S/C15H10BrClN2O/c1-9-7-14(19-8-11(9)16)20-13-5-4-12(17)10-3-2-6-18-15(10)13/h2-8H,1H3. The van der Waals surface area contributed by atoms with E-state index in [1.807, 2.05) is 25.1 Å². The van der Waals surface area contributed by atoms with Crippen LogP contribution in [0, 0.1) is 6.92 Å². The Balaban J connectivity index is 2.06. The van der Waals surface area contributed by atoms with E-state index in [2.05, 4.69) is 25.9 Å². The highest BCUT2D eigenvalue weighted by atomic mass is 79.9. The third-order valence-corrected chi connectivity index (χ3v) is 4.08. The van der Waals surface area contributed by atoms with Crippen LogP contribution in [-0.2, 0) is 0 Å². The van der Waals surface area contributed by atoms with E-state index < -0.39 is 0 Å². The fourth-order valence-corrected chi connectivity index (χ4v) is 2.31. The number of nitrogens with zero attached hydrogens (tertiary/aromatic N) is 2. The Morgan fingerprint density at radius 1 is 1.20 bits per heavy atom. The normalized spacial score (nSPS) is 10.8. The Morgan fingerprint density at radius 2 is 2.05 bits per heavy atom. The maximum absolute atomic E-state index is 6.16. The molecule has 2 heterocycles. The van der Waals surface area contributed by atoms with E-state index >= 15 is 0 Å². The lowest BCUT2D eigenvalue weighted by Gasteiger charge is -2.09. The lowest BCUT2D eigenvalue weighted by Crippen LogP contribution is -1.91. The van der Waals surface area contributed by atoms with Crippen LogP contribution in [0.25, 0.3) is 10.9 Å². The van der Waals surface area contributed by atoms with Crippen molar-refractivity contribution in [3.63, 3.8) is 0 Å². The number of aromatic nitrogens is 2. The zero-order valence-corrected chi connectivity index (χ0v) is 12.9. The van der Waals surface area contributed by atoms with Gasteiger partial charge in [0.1, 0.15) is 5.52 Å². The third-order valence-electron chi connectivity index (χ3n) is 2.92. The number of pyridine rings is 2. The van der Waals surface area contributed by atoms with Gasteiger partial charge in [0.2, 0.25) is 5.88 Å². The molecule has 1 aromatic carbocycles. The summed E-state index contributed by atoms with van der Waals surface area (Å²) in [6, 6.07) is 9.23. The number of hydrogen-bond acceptors (Lipinski definition) is 3. The summed E-state index contributed by atoms with van der Waals surface area (Å²) in [5, 5.41) is 1.51. The molecular weight excluding hydrogens is 340 g/mol. The maximum atomic E-state index is 6.16. The van der Waals surface area contributed by atoms with E-state index in [-0.39, 0.29) is 0 Å². The van der Waals surface area contributed by atoms with Gasteiger partial charge in [0.05, 0.1) is 5.02 Å². The van der Waals surface area contributed by atoms with Gasteiger partial charge in [-0.1, -0.05) is 11.6 Å². The summed E-state index contributed by atoms with van der Waals surface area (Å²) in [6.45, 7) is 1.98. The van der Waals surface area contributed by atoms with Crippen molar-refractivity contribution in [1.29, 1.82) is 0 Å². The van der Waals surface area contributed by atoms with E-state index in [1.54, 1.807) is 24.5 Å². The zero-order valence-electron chi connectivity index (χ0n) is 10.6. The molecular formula is C15H10BrClN2O. The van der Waals surface area contributed by atoms with Crippen molar-refractivity contribution in [2.24, 2.45) is 0 Å². The highest BCUT2D eigenvalue weighted by Gasteiger charge is 2.09. The van der Waals surface area contributed by atoms with Crippen molar-refractivity contribution in [3.8, 4) is 11.6 Å². The summed E-state index contributed by atoms with van der Waals surface area (Å²) >= 11 is 9.58. The Labute approximate surface area is 129 Å². The van der Waals surface area contributed by atoms with Gasteiger partial charge in [0, 0.05) is 28.3 Å². The number of fused-ring (bicyclic) bond motifs is 1. The van der Waals surface area contributed by atoms with Gasteiger partial charge in [-0.15, -0.1) is 0 Å². The van der Waals surface area contributed by atoms with Crippen molar-refractivity contribution in [2.75, 3.05) is 0 Å². The first-order valence-corrected chi connectivity index (χ1v) is 7.15. The minimum Gasteiger partial charge on any atom is -0.437 e. The Hall–Kier alpha value is -1.65. The minimum absolute atomic E-state index is 0.528. The number of benzene rings is 1. The van der Waals surface area contributed by atoms with Crippen molar-refractivity contribution in [1.82, 2.24) is 9.97 Å². The molecule has 0 fully saturated rings. The number of aryl methyl sites for hydroxylation is 1. The van der Waals surface area contributed by atoms with E-state index in [1.165, 1.54) is 0 Å². The van der Waals surface area contributed by atoms with Crippen LogP contribution in [0.3, 0.4) is 0 Å². The van der Waals surface area contributed by atoms with Gasteiger partial charge in [0.15, 0.2) is 5.75 Å². The zero-order chi connectivity index (χ0) is 14.1. The molecule has 0 spiro atoms. The van der Waals surface area contributed by atoms with Gasteiger partial charge in [-0.05, 0) is 52.7 Å². The molecule has 0 amide bonds. The summed E-state index contributed by atoms with van der Waals surface area (Å²) in [4.78, 5) is 8.57. The monoisotopic (exact) mass is 348 g/mol. The largest absolute Gasteiger partial charge is 0.437 e. The molecule has 5 heteroatoms. The van der Waals surface area contributed by atoms with Crippen LogP contribution in [0.5, 0.6) is 11.6 Å². The van der Waals surface area contributed by atoms with Gasteiger partial charge < -0.3 is 4.74 Å². The van der Waals surface area contributed by atoms with Crippen molar-refractivity contribution < 1.29 is 4.74 Å². The van der Waals surface area contributed by atoms with Crippen LogP contribution in [0.1, 0.15) is 5.56 Å². The number of ether oxygens (including phenoxy) is 1. The third kappa shape index (κ3) is 2.49. The molecule has 3 rings (SSSR count). The minimum atomic E-state index is 0.528. The fourth-order valence-electron chi connectivity index (χ4n) is 1.88.